The number of nitrogens with one attached hydrogen (secondary N) is 1. The maximum atomic E-state index is 14.8. The van der Waals surface area contributed by atoms with Gasteiger partial charge in [-0.15, -0.1) is 6.58 Å². The van der Waals surface area contributed by atoms with Crippen LogP contribution in [0.1, 0.15) is 96.1 Å². The van der Waals surface area contributed by atoms with E-state index in [4.69, 9.17) is 33.7 Å². The number of fused-ring (bicyclic) bond motifs is 2. The molecule has 3 aliphatic rings. The van der Waals surface area contributed by atoms with Crippen molar-refractivity contribution in [3.63, 3.8) is 0 Å². The van der Waals surface area contributed by atoms with Crippen molar-refractivity contribution in [3.05, 3.63) is 112 Å². The summed E-state index contributed by atoms with van der Waals surface area (Å²) in [4.78, 5) is 47.3. The molecule has 2 aliphatic carbocycles. The van der Waals surface area contributed by atoms with E-state index in [1.807, 2.05) is 33.8 Å². The van der Waals surface area contributed by atoms with Crippen molar-refractivity contribution in [2.24, 2.45) is 22.9 Å². The molecule has 0 unspecified atom stereocenters. The lowest BCUT2D eigenvalue weighted by Crippen LogP contribution is -2.70. The molecular weight excluding hydrogens is 873 g/mol. The van der Waals surface area contributed by atoms with Crippen LogP contribution in [0, 0.1) is 27.9 Å². The fourth-order valence-electron chi connectivity index (χ4n) is 9.68. The van der Waals surface area contributed by atoms with E-state index in [1.54, 1.807) is 59.5 Å². The van der Waals surface area contributed by atoms with E-state index in [0.717, 1.165) is 24.0 Å². The van der Waals surface area contributed by atoms with Crippen LogP contribution in [-0.4, -0.2) is 95.8 Å². The number of aliphatic hydroxyl groups excluding tert-OH is 2. The minimum atomic E-state index is -1.51. The number of aliphatic hydroxyl groups is 2. The van der Waals surface area contributed by atoms with E-state index >= 15 is 0 Å². The molecule has 366 valence electrons. The number of rotatable bonds is 22. The summed E-state index contributed by atoms with van der Waals surface area (Å²) in [5, 5.41) is 39.0. The van der Waals surface area contributed by atoms with Crippen molar-refractivity contribution < 1.29 is 53.2 Å². The zero-order chi connectivity index (χ0) is 49.0. The van der Waals surface area contributed by atoms with Crippen LogP contribution in [0.25, 0.3) is 6.08 Å². The molecule has 3 N–H and O–H groups in total. The highest BCUT2D eigenvalue weighted by Crippen LogP contribution is 2.62. The van der Waals surface area contributed by atoms with Crippen LogP contribution >= 0.6 is 0 Å². The summed E-state index contributed by atoms with van der Waals surface area (Å²) >= 11 is 0. The maximum absolute atomic E-state index is 14.8. The molecule has 0 spiro atoms. The van der Waals surface area contributed by atoms with Crippen molar-refractivity contribution in [2.75, 3.05) is 45.9 Å². The van der Waals surface area contributed by atoms with Crippen LogP contribution < -0.4 is 24.3 Å². The molecule has 6 rings (SSSR count). The Morgan fingerprint density at radius 2 is 1.72 bits per heavy atom. The summed E-state index contributed by atoms with van der Waals surface area (Å²) in [6.45, 7) is 12.2. The quantitative estimate of drug-likeness (QED) is 0.0284. The molecule has 6 atom stereocenters. The Balaban J connectivity index is 1.53. The van der Waals surface area contributed by atoms with Gasteiger partial charge in [-0.05, 0) is 124 Å². The zero-order valence-corrected chi connectivity index (χ0v) is 40.0. The van der Waals surface area contributed by atoms with Crippen molar-refractivity contribution in [3.8, 4) is 23.0 Å². The Morgan fingerprint density at radius 1 is 1.00 bits per heavy atom. The summed E-state index contributed by atoms with van der Waals surface area (Å²) in [5.41, 5.74) is 2.54. The molecular formula is C52H66N4O12. The third-order valence-corrected chi connectivity index (χ3v) is 12.6. The van der Waals surface area contributed by atoms with Gasteiger partial charge in [-0.3, -0.25) is 20.2 Å². The molecule has 1 heterocycles. The van der Waals surface area contributed by atoms with E-state index < -0.39 is 34.4 Å². The normalized spacial score (nSPS) is 22.3. The third-order valence-electron chi connectivity index (χ3n) is 12.6. The molecule has 16 nitrogen and oxygen atoms in total. The summed E-state index contributed by atoms with van der Waals surface area (Å²) in [7, 11) is 3.03. The predicted molar refractivity (Wildman–Crippen MR) is 259 cm³/mol. The Bertz CT molecular complexity index is 2340. The van der Waals surface area contributed by atoms with E-state index in [-0.39, 0.29) is 61.3 Å². The number of nitro benzene ring substituents is 1. The van der Waals surface area contributed by atoms with Gasteiger partial charge in [0.05, 0.1) is 43.1 Å². The van der Waals surface area contributed by atoms with Gasteiger partial charge in [0.1, 0.15) is 34.6 Å². The molecule has 0 saturated heterocycles. The summed E-state index contributed by atoms with van der Waals surface area (Å²) < 4.78 is 31.2. The number of oxime groups is 1. The number of hydrogen-bond donors (Lipinski definition) is 3. The fourth-order valence-corrected chi connectivity index (χ4v) is 9.68. The number of ether oxygens (including phenoxy) is 5. The van der Waals surface area contributed by atoms with Gasteiger partial charge in [0.2, 0.25) is 11.7 Å². The predicted octanol–water partition coefficient (Wildman–Crippen LogP) is 9.61. The van der Waals surface area contributed by atoms with Gasteiger partial charge in [0, 0.05) is 61.9 Å². The van der Waals surface area contributed by atoms with Gasteiger partial charge >= 0.3 is 6.09 Å². The number of anilines is 1. The molecule has 3 aromatic rings. The number of nitro groups is 1. The second-order valence-electron chi connectivity index (χ2n) is 18.3. The summed E-state index contributed by atoms with van der Waals surface area (Å²) in [5.74, 6) is -1.22. The monoisotopic (exact) mass is 938 g/mol. The minimum Gasteiger partial charge on any atom is -0.497 e. The Labute approximate surface area is 398 Å². The third kappa shape index (κ3) is 11.9. The van der Waals surface area contributed by atoms with E-state index in [1.165, 1.54) is 32.4 Å². The number of allylic oxidation sites excluding steroid dienone is 1. The number of amides is 2. The largest absolute Gasteiger partial charge is 0.497 e. The lowest BCUT2D eigenvalue weighted by atomic mass is 9.55. The number of nitrogens with zero attached hydrogens (tertiary/aromatic N) is 3. The van der Waals surface area contributed by atoms with Crippen LogP contribution in [-0.2, 0) is 14.4 Å². The van der Waals surface area contributed by atoms with Gasteiger partial charge in [-0.25, -0.2) is 4.79 Å². The molecule has 16 heteroatoms. The van der Waals surface area contributed by atoms with Crippen LogP contribution in [0.4, 0.5) is 16.2 Å². The first kappa shape index (κ1) is 51.2. The van der Waals surface area contributed by atoms with Crippen LogP contribution in [0.3, 0.4) is 0 Å². The lowest BCUT2D eigenvalue weighted by molar-refractivity contribution is -0.384. The number of unbranched alkanes of at least 4 members (excludes halogenated alkanes) is 2. The molecule has 0 radical (unpaired) electrons. The van der Waals surface area contributed by atoms with Gasteiger partial charge in [0.15, 0.2) is 0 Å². The molecule has 1 aliphatic heterocycles. The smallest absolute Gasteiger partial charge is 0.417 e. The highest BCUT2D eigenvalue weighted by atomic mass is 16.7. The van der Waals surface area contributed by atoms with Crippen molar-refractivity contribution >= 4 is 35.2 Å². The zero-order valence-electron chi connectivity index (χ0n) is 40.0. The summed E-state index contributed by atoms with van der Waals surface area (Å²) in [6, 6.07) is 15.5. The van der Waals surface area contributed by atoms with Gasteiger partial charge in [-0.1, -0.05) is 37.1 Å². The molecule has 0 aromatic heterocycles. The number of benzene rings is 3. The topological polar surface area (TPSA) is 201 Å². The van der Waals surface area contributed by atoms with Crippen molar-refractivity contribution in [1.29, 1.82) is 0 Å². The number of non-ortho nitro benzene ring substituents is 1. The number of carbonyl (C=O) groups is 2. The van der Waals surface area contributed by atoms with Gasteiger partial charge in [0.25, 0.3) is 5.69 Å². The van der Waals surface area contributed by atoms with Crippen LogP contribution in [0.2, 0.25) is 0 Å². The highest BCUT2D eigenvalue weighted by Gasteiger charge is 2.65. The Morgan fingerprint density at radius 3 is 2.37 bits per heavy atom. The Kier molecular flexibility index (Phi) is 17.4. The van der Waals surface area contributed by atoms with E-state index in [2.05, 4.69) is 18.0 Å². The summed E-state index contributed by atoms with van der Waals surface area (Å²) in [6.07, 6.45) is 11.2. The van der Waals surface area contributed by atoms with Crippen molar-refractivity contribution in [1.82, 2.24) is 4.90 Å². The van der Waals surface area contributed by atoms with E-state index in [0.29, 0.717) is 72.9 Å². The molecule has 1 fully saturated rings. The average molecular weight is 939 g/mol. The van der Waals surface area contributed by atoms with Crippen LogP contribution in [0.5, 0.6) is 23.0 Å². The minimum absolute atomic E-state index is 0.0237. The van der Waals surface area contributed by atoms with Gasteiger partial charge < -0.3 is 43.6 Å². The van der Waals surface area contributed by atoms with E-state index in [9.17, 15) is 29.9 Å². The number of hydrogen-bond acceptors (Lipinski definition) is 13. The molecule has 3 aromatic carbocycles. The standard InChI is InChI=1S/C52H66N4O12/c1-8-26-55(47(59)25-18-34-16-19-36(20-17-34)56(61)62)46-33-43(54-68-51(3,4)5)40-30-35(14-10-12-27-57)39(15-11-13-28-58)48-41-31-38(22-24-44(41)67-52(46,49(40)48)65-29-9-2)66-50(60)53-42-23-21-37(63-6)32-45(42)64-7/h9,16-25,30-32,35,39,46,48-49,57-58H,2,8,10-15,26-29,33H2,1,3-7H3,(H,53,60)/t35-,39+,46-,48+,49+,52+/m0/s1. The first-order valence-electron chi connectivity index (χ1n) is 23.4. The average Bonchev–Trinajstić information content (AvgIpc) is 3.32. The van der Waals surface area contributed by atoms with Gasteiger partial charge in [-0.2, -0.15) is 0 Å². The second kappa shape index (κ2) is 23.2. The van der Waals surface area contributed by atoms with Crippen molar-refractivity contribution in [2.45, 2.75) is 102 Å². The second-order valence-corrected chi connectivity index (χ2v) is 18.3. The molecule has 1 saturated carbocycles. The highest BCUT2D eigenvalue weighted by molar-refractivity contribution is 6.03. The fraction of sp³-hybridized carbons (Fsp3) is 0.481. The molecule has 68 heavy (non-hydrogen) atoms. The molecule has 2 amide bonds. The first-order valence-corrected chi connectivity index (χ1v) is 23.4. The first-order chi connectivity index (χ1) is 32.7. The molecule has 0 bridgehead atoms. The Hall–Kier alpha value is -6.23. The maximum Gasteiger partial charge on any atom is 0.417 e. The lowest BCUT2D eigenvalue weighted by Gasteiger charge is -2.60. The number of carbonyl (C=O) groups excluding carboxylic acids is 2. The SMILES string of the molecule is C=CCO[C@@]12Oc3ccc(OC(=O)Nc4ccc(OC)cc4OC)cc3[C@H]3[C@H](CCCCO)[C@@H](CCCCO)C=C(C(=NOC(C)(C)C)C[C@@H]1N(CCC)C(=O)C=Cc1ccc([N+](=O)[O-])cc1)[C@H]32. The van der Waals surface area contributed by atoms with Crippen LogP contribution in [0.15, 0.2) is 96.2 Å². The number of methoxy groups -OCH3 is 2.